The summed E-state index contributed by atoms with van der Waals surface area (Å²) in [7, 11) is -3.58. The third kappa shape index (κ3) is 4.53. The van der Waals surface area contributed by atoms with Crippen LogP contribution in [0.1, 0.15) is 19.8 Å². The van der Waals surface area contributed by atoms with Crippen LogP contribution in [0.4, 0.5) is 5.69 Å². The maximum absolute atomic E-state index is 12.6. The molecule has 26 heavy (non-hydrogen) atoms. The topological polar surface area (TPSA) is 71.5 Å². The molecule has 0 amide bonds. The van der Waals surface area contributed by atoms with Gasteiger partial charge in [0.2, 0.25) is 10.0 Å². The summed E-state index contributed by atoms with van der Waals surface area (Å²) in [6, 6.07) is 10.7. The molecule has 0 saturated carbocycles. The van der Waals surface area contributed by atoms with E-state index in [2.05, 4.69) is 20.7 Å². The van der Waals surface area contributed by atoms with Crippen molar-refractivity contribution in [2.24, 2.45) is 5.92 Å². The number of sulfonamides is 1. The first kappa shape index (κ1) is 18.7. The van der Waals surface area contributed by atoms with Gasteiger partial charge in [-0.25, -0.2) is 13.1 Å². The molecule has 1 N–H and O–H groups in total. The number of hydrogen-bond acceptors (Lipinski definition) is 5. The summed E-state index contributed by atoms with van der Waals surface area (Å²) in [4.78, 5) is 6.66. The Kier molecular flexibility index (Phi) is 6.11. The van der Waals surface area contributed by atoms with Crippen LogP contribution in [0.3, 0.4) is 0 Å². The predicted octanol–water partition coefficient (Wildman–Crippen LogP) is 2.68. The first-order valence-electron chi connectivity index (χ1n) is 8.96. The Labute approximate surface area is 155 Å². The molecule has 0 aliphatic carbocycles. The normalized spacial score (nSPS) is 15.8. The molecule has 140 valence electrons. The monoisotopic (exact) mass is 375 g/mol. The Morgan fingerprint density at radius 3 is 2.65 bits per heavy atom. The fraction of sp³-hybridized carbons (Fsp3) is 0.421. The first-order chi connectivity index (χ1) is 12.6. The number of nitrogens with one attached hydrogen (secondary N) is 1. The summed E-state index contributed by atoms with van der Waals surface area (Å²) in [5.74, 6) is 0.728. The Balaban J connectivity index is 1.56. The first-order valence-corrected chi connectivity index (χ1v) is 10.4. The van der Waals surface area contributed by atoms with Crippen molar-refractivity contribution in [2.75, 3.05) is 31.1 Å². The number of para-hydroxylation sites is 1. The minimum Gasteiger partial charge on any atom is -0.492 e. The van der Waals surface area contributed by atoms with Gasteiger partial charge in [-0.05, 0) is 49.9 Å². The molecular weight excluding hydrogens is 350 g/mol. The van der Waals surface area contributed by atoms with E-state index in [9.17, 15) is 8.42 Å². The van der Waals surface area contributed by atoms with Crippen LogP contribution in [-0.4, -0.2) is 39.6 Å². The minimum atomic E-state index is -3.58. The van der Waals surface area contributed by atoms with Gasteiger partial charge >= 0.3 is 0 Å². The van der Waals surface area contributed by atoms with Gasteiger partial charge in [-0.3, -0.25) is 4.98 Å². The van der Waals surface area contributed by atoms with Gasteiger partial charge in [0, 0.05) is 25.8 Å². The number of nitrogens with zero attached hydrogens (tertiary/aromatic N) is 2. The number of pyridine rings is 1. The Bertz CT molecular complexity index is 804. The standard InChI is InChI=1S/C19H25N3O3S/c1-2-25-18-7-3-4-8-19(18)26(23,24)21-14-16-9-12-22(13-10-16)17-6-5-11-20-15-17/h3-8,11,15-16,21H,2,9-10,12-14H2,1H3. The van der Waals surface area contributed by atoms with Crippen molar-refractivity contribution in [3.8, 4) is 5.75 Å². The lowest BCUT2D eigenvalue weighted by Gasteiger charge is -2.33. The Hall–Kier alpha value is -2.12. The van der Waals surface area contributed by atoms with Gasteiger partial charge in [-0.2, -0.15) is 0 Å². The van der Waals surface area contributed by atoms with Crippen molar-refractivity contribution >= 4 is 15.7 Å². The van der Waals surface area contributed by atoms with E-state index in [1.165, 1.54) is 0 Å². The third-order valence-electron chi connectivity index (χ3n) is 4.63. The number of aromatic nitrogens is 1. The van der Waals surface area contributed by atoms with Crippen LogP contribution in [0.5, 0.6) is 5.75 Å². The van der Waals surface area contributed by atoms with Crippen molar-refractivity contribution < 1.29 is 13.2 Å². The summed E-state index contributed by atoms with van der Waals surface area (Å²) in [5, 5.41) is 0. The largest absolute Gasteiger partial charge is 0.492 e. The summed E-state index contributed by atoms with van der Waals surface area (Å²) < 4.78 is 33.5. The molecule has 1 saturated heterocycles. The maximum Gasteiger partial charge on any atom is 0.244 e. The van der Waals surface area contributed by atoms with Crippen LogP contribution in [0.25, 0.3) is 0 Å². The number of piperidine rings is 1. The predicted molar refractivity (Wildman–Crippen MR) is 102 cm³/mol. The number of hydrogen-bond donors (Lipinski definition) is 1. The molecule has 1 aliphatic heterocycles. The SMILES string of the molecule is CCOc1ccccc1S(=O)(=O)NCC1CCN(c2cccnc2)CC1. The van der Waals surface area contributed by atoms with Gasteiger partial charge in [-0.1, -0.05) is 12.1 Å². The molecule has 1 fully saturated rings. The zero-order chi connectivity index (χ0) is 18.4. The summed E-state index contributed by atoms with van der Waals surface area (Å²) in [5.41, 5.74) is 1.12. The molecule has 1 aliphatic rings. The van der Waals surface area contributed by atoms with E-state index in [1.807, 2.05) is 19.2 Å². The van der Waals surface area contributed by atoms with E-state index in [0.717, 1.165) is 31.6 Å². The fourth-order valence-corrected chi connectivity index (χ4v) is 4.45. The molecule has 0 radical (unpaired) electrons. The van der Waals surface area contributed by atoms with Gasteiger partial charge < -0.3 is 9.64 Å². The van der Waals surface area contributed by atoms with E-state index in [4.69, 9.17) is 4.74 Å². The van der Waals surface area contributed by atoms with Crippen molar-refractivity contribution in [1.82, 2.24) is 9.71 Å². The van der Waals surface area contributed by atoms with E-state index in [1.54, 1.807) is 30.5 Å². The second-order valence-corrected chi connectivity index (χ2v) is 8.11. The molecule has 3 rings (SSSR count). The van der Waals surface area contributed by atoms with Crippen molar-refractivity contribution in [1.29, 1.82) is 0 Å². The molecule has 2 heterocycles. The van der Waals surface area contributed by atoms with Gasteiger partial charge in [0.05, 0.1) is 18.5 Å². The van der Waals surface area contributed by atoms with Crippen LogP contribution in [0.15, 0.2) is 53.7 Å². The lowest BCUT2D eigenvalue weighted by Crippen LogP contribution is -2.38. The third-order valence-corrected chi connectivity index (χ3v) is 6.09. The van der Waals surface area contributed by atoms with Crippen LogP contribution >= 0.6 is 0 Å². The number of ether oxygens (including phenoxy) is 1. The molecule has 2 aromatic rings. The van der Waals surface area contributed by atoms with Crippen LogP contribution < -0.4 is 14.4 Å². The smallest absolute Gasteiger partial charge is 0.244 e. The zero-order valence-electron chi connectivity index (χ0n) is 15.0. The van der Waals surface area contributed by atoms with Crippen molar-refractivity contribution in [2.45, 2.75) is 24.7 Å². The summed E-state index contributed by atoms with van der Waals surface area (Å²) >= 11 is 0. The van der Waals surface area contributed by atoms with Crippen LogP contribution in [0, 0.1) is 5.92 Å². The molecule has 1 aromatic carbocycles. The van der Waals surface area contributed by atoms with E-state index >= 15 is 0 Å². The summed E-state index contributed by atoms with van der Waals surface area (Å²) in [6.07, 6.45) is 5.54. The van der Waals surface area contributed by atoms with Crippen molar-refractivity contribution in [3.05, 3.63) is 48.8 Å². The molecular formula is C19H25N3O3S. The average Bonchev–Trinajstić information content (AvgIpc) is 2.68. The fourth-order valence-electron chi connectivity index (χ4n) is 3.19. The Morgan fingerprint density at radius 1 is 1.19 bits per heavy atom. The molecule has 0 unspecified atom stereocenters. The van der Waals surface area contributed by atoms with Gasteiger partial charge in [0.15, 0.2) is 0 Å². The molecule has 1 aromatic heterocycles. The number of benzene rings is 1. The molecule has 0 bridgehead atoms. The highest BCUT2D eigenvalue weighted by Crippen LogP contribution is 2.25. The van der Waals surface area contributed by atoms with Crippen molar-refractivity contribution in [3.63, 3.8) is 0 Å². The van der Waals surface area contributed by atoms with E-state index in [-0.39, 0.29) is 4.90 Å². The summed E-state index contributed by atoms with van der Waals surface area (Å²) in [6.45, 7) is 4.54. The Morgan fingerprint density at radius 2 is 1.96 bits per heavy atom. The second-order valence-electron chi connectivity index (χ2n) is 6.37. The van der Waals surface area contributed by atoms with Gasteiger partial charge in [-0.15, -0.1) is 0 Å². The van der Waals surface area contributed by atoms with Gasteiger partial charge in [0.1, 0.15) is 10.6 Å². The highest BCUT2D eigenvalue weighted by Gasteiger charge is 2.24. The molecule has 7 heteroatoms. The van der Waals surface area contributed by atoms with Crippen LogP contribution in [-0.2, 0) is 10.0 Å². The highest BCUT2D eigenvalue weighted by atomic mass is 32.2. The van der Waals surface area contributed by atoms with E-state index < -0.39 is 10.0 Å². The average molecular weight is 375 g/mol. The molecule has 6 nitrogen and oxygen atoms in total. The molecule has 0 atom stereocenters. The maximum atomic E-state index is 12.6. The lowest BCUT2D eigenvalue weighted by atomic mass is 9.97. The highest BCUT2D eigenvalue weighted by molar-refractivity contribution is 7.89. The van der Waals surface area contributed by atoms with Gasteiger partial charge in [0.25, 0.3) is 0 Å². The van der Waals surface area contributed by atoms with E-state index in [0.29, 0.717) is 24.8 Å². The zero-order valence-corrected chi connectivity index (χ0v) is 15.8. The lowest BCUT2D eigenvalue weighted by molar-refractivity contribution is 0.330. The minimum absolute atomic E-state index is 0.203. The number of rotatable bonds is 7. The molecule has 0 spiro atoms. The quantitative estimate of drug-likeness (QED) is 0.806. The second kappa shape index (κ2) is 8.51. The number of anilines is 1. The van der Waals surface area contributed by atoms with Crippen LogP contribution in [0.2, 0.25) is 0 Å².